The Morgan fingerprint density at radius 3 is 2.85 bits per heavy atom. The van der Waals surface area contributed by atoms with E-state index in [1.165, 1.54) is 0 Å². The second-order valence-corrected chi connectivity index (χ2v) is 6.69. The number of hydrogen-bond acceptors (Lipinski definition) is 5. The van der Waals surface area contributed by atoms with Crippen LogP contribution < -0.4 is 0 Å². The van der Waals surface area contributed by atoms with E-state index in [0.717, 1.165) is 31.0 Å². The van der Waals surface area contributed by atoms with E-state index in [2.05, 4.69) is 10.1 Å². The molecular formula is C14H23N3O2S. The Hall–Kier alpha value is -1.01. The number of amides is 1. The molecule has 1 aromatic heterocycles. The Kier molecular flexibility index (Phi) is 5.10. The van der Waals surface area contributed by atoms with E-state index in [4.69, 9.17) is 4.52 Å². The maximum absolute atomic E-state index is 12.8. The third-order valence-corrected chi connectivity index (χ3v) is 4.72. The highest BCUT2D eigenvalue weighted by Crippen LogP contribution is 2.22. The average molecular weight is 297 g/mol. The number of thioether (sulfide) groups is 1. The molecule has 0 N–H and O–H groups in total. The number of aromatic nitrogens is 1. The molecule has 0 aliphatic carbocycles. The van der Waals surface area contributed by atoms with Crippen LogP contribution in [0.2, 0.25) is 0 Å². The lowest BCUT2D eigenvalue weighted by molar-refractivity contribution is 0.0673. The third-order valence-electron chi connectivity index (χ3n) is 3.52. The highest BCUT2D eigenvalue weighted by molar-refractivity contribution is 7.99. The van der Waals surface area contributed by atoms with Crippen molar-refractivity contribution in [2.75, 3.05) is 38.7 Å². The van der Waals surface area contributed by atoms with Gasteiger partial charge in [0.1, 0.15) is 11.3 Å². The molecule has 0 radical (unpaired) electrons. The molecule has 5 nitrogen and oxygen atoms in total. The molecule has 20 heavy (non-hydrogen) atoms. The normalized spacial score (nSPS) is 20.2. The Morgan fingerprint density at radius 2 is 2.25 bits per heavy atom. The Balaban J connectivity index is 2.24. The van der Waals surface area contributed by atoms with Crippen LogP contribution in [0.1, 0.15) is 28.2 Å². The van der Waals surface area contributed by atoms with Crippen LogP contribution in [0.15, 0.2) is 4.52 Å². The zero-order valence-corrected chi connectivity index (χ0v) is 13.5. The predicted molar refractivity (Wildman–Crippen MR) is 81.3 cm³/mol. The highest BCUT2D eigenvalue weighted by Gasteiger charge is 2.30. The number of nitrogens with zero attached hydrogens (tertiary/aromatic N) is 3. The minimum absolute atomic E-state index is 0.0654. The van der Waals surface area contributed by atoms with Crippen molar-refractivity contribution in [3.63, 3.8) is 0 Å². The molecule has 2 heterocycles. The summed E-state index contributed by atoms with van der Waals surface area (Å²) in [6, 6.07) is 0.249. The van der Waals surface area contributed by atoms with Gasteiger partial charge in [-0.3, -0.25) is 4.79 Å². The lowest BCUT2D eigenvalue weighted by atomic mass is 10.1. The molecule has 0 unspecified atom stereocenters. The SMILES string of the molecule is Cc1noc(C)c1C(=O)N1CCCSC[C@H]1CN(C)C. The molecule has 1 saturated heterocycles. The molecule has 0 saturated carbocycles. The summed E-state index contributed by atoms with van der Waals surface area (Å²) in [5, 5.41) is 3.90. The molecule has 112 valence electrons. The van der Waals surface area contributed by atoms with Crippen LogP contribution in [-0.4, -0.2) is 65.6 Å². The first-order chi connectivity index (χ1) is 9.50. The summed E-state index contributed by atoms with van der Waals surface area (Å²) in [5.74, 6) is 2.80. The van der Waals surface area contributed by atoms with Gasteiger partial charge in [0.2, 0.25) is 0 Å². The second kappa shape index (κ2) is 6.63. The van der Waals surface area contributed by atoms with Crippen molar-refractivity contribution >= 4 is 17.7 Å². The fraction of sp³-hybridized carbons (Fsp3) is 0.714. The van der Waals surface area contributed by atoms with Crippen LogP contribution in [0.4, 0.5) is 0 Å². The van der Waals surface area contributed by atoms with Crippen LogP contribution in [0.3, 0.4) is 0 Å². The molecule has 6 heteroatoms. The first kappa shape index (κ1) is 15.4. The number of hydrogen-bond donors (Lipinski definition) is 0. The minimum atomic E-state index is 0.0654. The van der Waals surface area contributed by atoms with Gasteiger partial charge in [-0.15, -0.1) is 0 Å². The van der Waals surface area contributed by atoms with Crippen molar-refractivity contribution in [3.8, 4) is 0 Å². The summed E-state index contributed by atoms with van der Waals surface area (Å²) in [6.45, 7) is 5.34. The summed E-state index contributed by atoms with van der Waals surface area (Å²) in [7, 11) is 4.10. The second-order valence-electron chi connectivity index (χ2n) is 5.54. The van der Waals surface area contributed by atoms with Crippen LogP contribution in [0, 0.1) is 13.8 Å². The van der Waals surface area contributed by atoms with Crippen molar-refractivity contribution in [3.05, 3.63) is 17.0 Å². The first-order valence-electron chi connectivity index (χ1n) is 6.97. The number of likely N-dealkylation sites (N-methyl/N-ethyl adjacent to an activating group) is 1. The Bertz CT molecular complexity index is 453. The van der Waals surface area contributed by atoms with Gasteiger partial charge in [-0.05, 0) is 40.1 Å². The molecule has 1 aliphatic rings. The molecular weight excluding hydrogens is 274 g/mol. The van der Waals surface area contributed by atoms with Crippen molar-refractivity contribution in [1.82, 2.24) is 15.0 Å². The maximum atomic E-state index is 12.8. The van der Waals surface area contributed by atoms with Gasteiger partial charge in [-0.25, -0.2) is 0 Å². The minimum Gasteiger partial charge on any atom is -0.361 e. The van der Waals surface area contributed by atoms with Gasteiger partial charge in [0.25, 0.3) is 5.91 Å². The van der Waals surface area contributed by atoms with E-state index in [1.807, 2.05) is 37.7 Å². The topological polar surface area (TPSA) is 49.6 Å². The zero-order valence-electron chi connectivity index (χ0n) is 12.7. The van der Waals surface area contributed by atoms with E-state index >= 15 is 0 Å². The monoisotopic (exact) mass is 297 g/mol. The van der Waals surface area contributed by atoms with Gasteiger partial charge in [0.05, 0.1) is 11.7 Å². The smallest absolute Gasteiger partial charge is 0.259 e. The van der Waals surface area contributed by atoms with Crippen LogP contribution in [-0.2, 0) is 0 Å². The van der Waals surface area contributed by atoms with E-state index < -0.39 is 0 Å². The van der Waals surface area contributed by atoms with Gasteiger partial charge < -0.3 is 14.3 Å². The fourth-order valence-electron chi connectivity index (χ4n) is 2.60. The largest absolute Gasteiger partial charge is 0.361 e. The molecule has 1 amide bonds. The number of carbonyl (C=O) groups is 1. The van der Waals surface area contributed by atoms with Gasteiger partial charge in [0, 0.05) is 18.8 Å². The van der Waals surface area contributed by atoms with Gasteiger partial charge in [0.15, 0.2) is 0 Å². The van der Waals surface area contributed by atoms with E-state index in [-0.39, 0.29) is 11.9 Å². The third kappa shape index (κ3) is 3.35. The molecule has 1 fully saturated rings. The maximum Gasteiger partial charge on any atom is 0.259 e. The Labute approximate surface area is 124 Å². The molecule has 0 bridgehead atoms. The summed E-state index contributed by atoms with van der Waals surface area (Å²) in [5.41, 5.74) is 1.33. The molecule has 2 rings (SSSR count). The van der Waals surface area contributed by atoms with Crippen molar-refractivity contribution in [2.24, 2.45) is 0 Å². The summed E-state index contributed by atoms with van der Waals surface area (Å²) < 4.78 is 5.14. The molecule has 0 spiro atoms. The van der Waals surface area contributed by atoms with E-state index in [1.54, 1.807) is 6.92 Å². The first-order valence-corrected chi connectivity index (χ1v) is 8.12. The number of rotatable bonds is 3. The van der Waals surface area contributed by atoms with Crippen molar-refractivity contribution in [2.45, 2.75) is 26.3 Å². The van der Waals surface area contributed by atoms with Crippen LogP contribution >= 0.6 is 11.8 Å². The Morgan fingerprint density at radius 1 is 1.50 bits per heavy atom. The summed E-state index contributed by atoms with van der Waals surface area (Å²) in [4.78, 5) is 17.0. The number of carbonyl (C=O) groups excluding carboxylic acids is 1. The lowest BCUT2D eigenvalue weighted by Gasteiger charge is -2.31. The summed E-state index contributed by atoms with van der Waals surface area (Å²) >= 11 is 1.93. The van der Waals surface area contributed by atoms with Crippen LogP contribution in [0.25, 0.3) is 0 Å². The van der Waals surface area contributed by atoms with Gasteiger partial charge in [-0.1, -0.05) is 5.16 Å². The van der Waals surface area contributed by atoms with Crippen molar-refractivity contribution < 1.29 is 9.32 Å². The highest BCUT2D eigenvalue weighted by atomic mass is 32.2. The predicted octanol–water partition coefficient (Wildman–Crippen LogP) is 1.80. The molecule has 1 aliphatic heterocycles. The standard InChI is InChI=1S/C14H23N3O2S/c1-10-13(11(2)19-15-10)14(18)17-6-5-7-20-9-12(17)8-16(3)4/h12H,5-9H2,1-4H3/t12-/m1/s1. The zero-order chi connectivity index (χ0) is 14.7. The molecule has 1 aromatic rings. The van der Waals surface area contributed by atoms with Crippen molar-refractivity contribution in [1.29, 1.82) is 0 Å². The summed E-state index contributed by atoms with van der Waals surface area (Å²) in [6.07, 6.45) is 1.05. The molecule has 0 aromatic carbocycles. The quantitative estimate of drug-likeness (QED) is 0.851. The van der Waals surface area contributed by atoms with Gasteiger partial charge >= 0.3 is 0 Å². The van der Waals surface area contributed by atoms with E-state index in [0.29, 0.717) is 17.0 Å². The lowest BCUT2D eigenvalue weighted by Crippen LogP contribution is -2.47. The van der Waals surface area contributed by atoms with Gasteiger partial charge in [-0.2, -0.15) is 11.8 Å². The average Bonchev–Trinajstić information content (AvgIpc) is 2.60. The fourth-order valence-corrected chi connectivity index (χ4v) is 3.66. The van der Waals surface area contributed by atoms with Crippen LogP contribution in [0.5, 0.6) is 0 Å². The number of aryl methyl sites for hydroxylation is 2. The van der Waals surface area contributed by atoms with E-state index in [9.17, 15) is 4.79 Å². The molecule has 1 atom stereocenters.